The number of amides is 1. The van der Waals surface area contributed by atoms with Crippen molar-refractivity contribution in [1.82, 2.24) is 9.80 Å². The number of carbonyl (C=O) groups is 1. The Labute approximate surface area is 196 Å². The van der Waals surface area contributed by atoms with E-state index in [2.05, 4.69) is 4.99 Å². The van der Waals surface area contributed by atoms with E-state index in [1.807, 2.05) is 0 Å². The number of benzene rings is 1. The molecule has 4 rings (SSSR count). The molecular weight excluding hydrogens is 486 g/mol. The summed E-state index contributed by atoms with van der Waals surface area (Å²) >= 11 is 0. The molecule has 1 amide bonds. The van der Waals surface area contributed by atoms with Crippen molar-refractivity contribution in [2.45, 2.75) is 44.0 Å². The SMILES string of the molecule is O=C(C1=NCC2=C1CN(CCC(F)(F)F)CC2)N1CCC(c2ccc(F)c(F)c2C(F)(F)F)CC1. The molecule has 192 valence electrons. The number of halogens is 8. The van der Waals surface area contributed by atoms with Crippen LogP contribution in [-0.2, 0) is 11.0 Å². The van der Waals surface area contributed by atoms with Crippen molar-refractivity contribution in [3.8, 4) is 0 Å². The number of rotatable bonds is 4. The predicted molar refractivity (Wildman–Crippen MR) is 111 cm³/mol. The number of carbonyl (C=O) groups excluding carboxylic acids is 1. The molecule has 3 heterocycles. The molecule has 0 atom stereocenters. The van der Waals surface area contributed by atoms with Gasteiger partial charge in [0.25, 0.3) is 5.91 Å². The fraction of sp³-hybridized carbons (Fsp3) is 0.565. The Balaban J connectivity index is 1.42. The van der Waals surface area contributed by atoms with Crippen LogP contribution in [0.1, 0.15) is 42.7 Å². The minimum absolute atomic E-state index is 0.0964. The van der Waals surface area contributed by atoms with Gasteiger partial charge in [0.15, 0.2) is 11.6 Å². The minimum atomic E-state index is -5.06. The van der Waals surface area contributed by atoms with Crippen molar-refractivity contribution in [2.24, 2.45) is 4.99 Å². The zero-order chi connectivity index (χ0) is 25.5. The Bertz CT molecular complexity index is 1050. The summed E-state index contributed by atoms with van der Waals surface area (Å²) in [5.41, 5.74) is -0.203. The maximum absolute atomic E-state index is 14.0. The molecule has 1 saturated heterocycles. The fourth-order valence-electron chi connectivity index (χ4n) is 4.95. The van der Waals surface area contributed by atoms with Crippen LogP contribution in [0.4, 0.5) is 35.1 Å². The molecule has 0 aromatic heterocycles. The van der Waals surface area contributed by atoms with Gasteiger partial charge >= 0.3 is 12.4 Å². The summed E-state index contributed by atoms with van der Waals surface area (Å²) in [6.07, 6.45) is -9.53. The lowest BCUT2D eigenvalue weighted by atomic mass is 9.85. The van der Waals surface area contributed by atoms with E-state index in [1.165, 1.54) is 4.90 Å². The van der Waals surface area contributed by atoms with Crippen molar-refractivity contribution in [1.29, 1.82) is 0 Å². The zero-order valence-electron chi connectivity index (χ0n) is 18.6. The molecule has 1 aromatic rings. The largest absolute Gasteiger partial charge is 0.419 e. The molecule has 0 radical (unpaired) electrons. The first-order valence-electron chi connectivity index (χ1n) is 11.2. The predicted octanol–water partition coefficient (Wildman–Crippen LogP) is 5.10. The quantitative estimate of drug-likeness (QED) is 0.530. The lowest BCUT2D eigenvalue weighted by molar-refractivity contribution is -0.141. The van der Waals surface area contributed by atoms with Crippen LogP contribution in [0.5, 0.6) is 0 Å². The second-order valence-corrected chi connectivity index (χ2v) is 9.03. The molecule has 3 aliphatic rings. The number of alkyl halides is 6. The highest BCUT2D eigenvalue weighted by Crippen LogP contribution is 2.41. The number of hydrogen-bond donors (Lipinski definition) is 0. The summed E-state index contributed by atoms with van der Waals surface area (Å²) in [6, 6.07) is 1.62. The number of piperidine rings is 1. The summed E-state index contributed by atoms with van der Waals surface area (Å²) in [6.45, 7) is 0.967. The van der Waals surface area contributed by atoms with Gasteiger partial charge < -0.3 is 4.90 Å². The third kappa shape index (κ3) is 5.52. The van der Waals surface area contributed by atoms with Crippen molar-refractivity contribution in [3.63, 3.8) is 0 Å². The summed E-state index contributed by atoms with van der Waals surface area (Å²) in [5, 5.41) is 0. The lowest BCUT2D eigenvalue weighted by Crippen LogP contribution is -2.44. The van der Waals surface area contributed by atoms with Crippen LogP contribution in [-0.4, -0.2) is 66.9 Å². The second kappa shape index (κ2) is 9.51. The molecule has 0 N–H and O–H groups in total. The number of likely N-dealkylation sites (tertiary alicyclic amines) is 1. The molecule has 0 unspecified atom stereocenters. The van der Waals surface area contributed by atoms with Gasteiger partial charge in [-0.25, -0.2) is 8.78 Å². The number of nitrogens with zero attached hydrogens (tertiary/aromatic N) is 3. The summed E-state index contributed by atoms with van der Waals surface area (Å²) in [7, 11) is 0. The van der Waals surface area contributed by atoms with Gasteiger partial charge in [-0.15, -0.1) is 0 Å². The third-order valence-corrected chi connectivity index (χ3v) is 6.80. The minimum Gasteiger partial charge on any atom is -0.337 e. The van der Waals surface area contributed by atoms with Crippen molar-refractivity contribution in [2.75, 3.05) is 39.3 Å². The van der Waals surface area contributed by atoms with Gasteiger partial charge in [0.2, 0.25) is 0 Å². The van der Waals surface area contributed by atoms with E-state index in [0.29, 0.717) is 31.1 Å². The van der Waals surface area contributed by atoms with Crippen molar-refractivity contribution in [3.05, 3.63) is 46.0 Å². The van der Waals surface area contributed by atoms with Gasteiger partial charge in [-0.1, -0.05) is 6.07 Å². The van der Waals surface area contributed by atoms with Crippen LogP contribution >= 0.6 is 0 Å². The van der Waals surface area contributed by atoms with Crippen LogP contribution in [0.3, 0.4) is 0 Å². The monoisotopic (exact) mass is 509 g/mol. The van der Waals surface area contributed by atoms with Gasteiger partial charge in [0.05, 0.1) is 18.5 Å². The van der Waals surface area contributed by atoms with E-state index in [1.54, 1.807) is 4.90 Å². The standard InChI is InChI=1S/C23H23F8N3O/c24-17-2-1-15(18(19(17)25)23(29,30)31)13-4-8-34(9-5-13)21(35)20-16-12-33(10-6-22(26,27)28)7-3-14(16)11-32-20/h1-2,13H,3-12H2. The highest BCUT2D eigenvalue weighted by Gasteiger charge is 2.41. The van der Waals surface area contributed by atoms with Gasteiger partial charge in [-0.2, -0.15) is 26.3 Å². The molecule has 0 spiro atoms. The van der Waals surface area contributed by atoms with E-state index in [4.69, 9.17) is 0 Å². The molecule has 12 heteroatoms. The molecule has 0 bridgehead atoms. The normalized spacial score (nSPS) is 20.3. The molecule has 4 nitrogen and oxygen atoms in total. The Morgan fingerprint density at radius 1 is 1.03 bits per heavy atom. The molecule has 1 fully saturated rings. The van der Waals surface area contributed by atoms with E-state index < -0.39 is 47.8 Å². The van der Waals surface area contributed by atoms with Crippen molar-refractivity contribution < 1.29 is 39.9 Å². The van der Waals surface area contributed by atoms with Crippen molar-refractivity contribution >= 4 is 11.6 Å². The highest BCUT2D eigenvalue weighted by molar-refractivity contribution is 6.46. The van der Waals surface area contributed by atoms with Gasteiger partial charge in [0.1, 0.15) is 5.71 Å². The Morgan fingerprint density at radius 2 is 1.71 bits per heavy atom. The molecular formula is C23H23F8N3O. The van der Waals surface area contributed by atoms with E-state index in [0.717, 1.165) is 11.6 Å². The number of hydrogen-bond acceptors (Lipinski definition) is 3. The lowest BCUT2D eigenvalue weighted by Gasteiger charge is -2.34. The highest BCUT2D eigenvalue weighted by atomic mass is 19.4. The molecule has 1 aromatic carbocycles. The van der Waals surface area contributed by atoms with Crippen LogP contribution in [0, 0.1) is 11.6 Å². The van der Waals surface area contributed by atoms with E-state index >= 15 is 0 Å². The molecule has 0 saturated carbocycles. The number of aliphatic imine (C=N–C) groups is 1. The van der Waals surface area contributed by atoms with Gasteiger partial charge in [0, 0.05) is 32.7 Å². The van der Waals surface area contributed by atoms with Crippen LogP contribution in [0.25, 0.3) is 0 Å². The summed E-state index contributed by atoms with van der Waals surface area (Å²) in [5.74, 6) is -4.62. The van der Waals surface area contributed by atoms with Crippen LogP contribution in [0.2, 0.25) is 0 Å². The van der Waals surface area contributed by atoms with Gasteiger partial charge in [-0.05, 0) is 48.0 Å². The first-order valence-corrected chi connectivity index (χ1v) is 11.2. The first-order chi connectivity index (χ1) is 16.3. The summed E-state index contributed by atoms with van der Waals surface area (Å²) in [4.78, 5) is 20.5. The van der Waals surface area contributed by atoms with E-state index in [9.17, 15) is 39.9 Å². The maximum atomic E-state index is 14.0. The Kier molecular flexibility index (Phi) is 6.96. The maximum Gasteiger partial charge on any atom is 0.419 e. The first kappa shape index (κ1) is 25.6. The smallest absolute Gasteiger partial charge is 0.337 e. The third-order valence-electron chi connectivity index (χ3n) is 6.80. The van der Waals surface area contributed by atoms with Gasteiger partial charge in [-0.3, -0.25) is 14.7 Å². The molecule has 35 heavy (non-hydrogen) atoms. The molecule has 0 aliphatic carbocycles. The summed E-state index contributed by atoms with van der Waals surface area (Å²) < 4.78 is 105. The van der Waals surface area contributed by atoms with Crippen LogP contribution < -0.4 is 0 Å². The Morgan fingerprint density at radius 3 is 2.34 bits per heavy atom. The van der Waals surface area contributed by atoms with Crippen LogP contribution in [0.15, 0.2) is 28.3 Å². The Hall–Kier alpha value is -2.50. The van der Waals surface area contributed by atoms with E-state index in [-0.39, 0.29) is 50.3 Å². The zero-order valence-corrected chi connectivity index (χ0v) is 18.6. The fourth-order valence-corrected chi connectivity index (χ4v) is 4.95. The topological polar surface area (TPSA) is 35.9 Å². The average molecular weight is 509 g/mol. The molecule has 3 aliphatic heterocycles. The average Bonchev–Trinajstić information content (AvgIpc) is 3.21. The second-order valence-electron chi connectivity index (χ2n) is 9.03.